The Hall–Kier alpha value is -1.13. The van der Waals surface area contributed by atoms with E-state index >= 15 is 0 Å². The molecule has 2 unspecified atom stereocenters. The highest BCUT2D eigenvalue weighted by atomic mass is 19.1. The molecule has 4 heteroatoms. The SMILES string of the molecule is COc1ccc(C2CNC(C)CO2)c(F)c1. The number of hydrogen-bond acceptors (Lipinski definition) is 3. The first-order valence-electron chi connectivity index (χ1n) is 5.39. The fourth-order valence-corrected chi connectivity index (χ4v) is 1.78. The number of methoxy groups -OCH3 is 1. The lowest BCUT2D eigenvalue weighted by Gasteiger charge is -2.28. The van der Waals surface area contributed by atoms with Gasteiger partial charge in [-0.15, -0.1) is 0 Å². The smallest absolute Gasteiger partial charge is 0.132 e. The first-order valence-corrected chi connectivity index (χ1v) is 5.39. The average molecular weight is 225 g/mol. The molecule has 1 N–H and O–H groups in total. The molecule has 1 aliphatic rings. The third-order valence-corrected chi connectivity index (χ3v) is 2.75. The number of hydrogen-bond donors (Lipinski definition) is 1. The van der Waals surface area contributed by atoms with E-state index in [1.54, 1.807) is 12.1 Å². The van der Waals surface area contributed by atoms with Gasteiger partial charge >= 0.3 is 0 Å². The fourth-order valence-electron chi connectivity index (χ4n) is 1.78. The van der Waals surface area contributed by atoms with Gasteiger partial charge in [0.1, 0.15) is 11.6 Å². The molecule has 0 spiro atoms. The van der Waals surface area contributed by atoms with Crippen LogP contribution in [0.1, 0.15) is 18.6 Å². The van der Waals surface area contributed by atoms with Crippen molar-refractivity contribution in [1.29, 1.82) is 0 Å². The summed E-state index contributed by atoms with van der Waals surface area (Å²) in [4.78, 5) is 0. The van der Waals surface area contributed by atoms with Gasteiger partial charge in [-0.3, -0.25) is 0 Å². The summed E-state index contributed by atoms with van der Waals surface area (Å²) in [6.45, 7) is 3.29. The molecule has 1 heterocycles. The van der Waals surface area contributed by atoms with Crippen LogP contribution in [0.5, 0.6) is 5.75 Å². The predicted molar refractivity (Wildman–Crippen MR) is 59.1 cm³/mol. The second-order valence-electron chi connectivity index (χ2n) is 4.02. The van der Waals surface area contributed by atoms with Crippen LogP contribution in [0, 0.1) is 5.82 Å². The molecule has 1 saturated heterocycles. The van der Waals surface area contributed by atoms with E-state index in [9.17, 15) is 4.39 Å². The Kier molecular flexibility index (Phi) is 3.41. The van der Waals surface area contributed by atoms with Crippen LogP contribution in [-0.4, -0.2) is 26.3 Å². The Balaban J connectivity index is 2.14. The van der Waals surface area contributed by atoms with Crippen molar-refractivity contribution in [3.8, 4) is 5.75 Å². The van der Waals surface area contributed by atoms with Crippen molar-refractivity contribution >= 4 is 0 Å². The maximum absolute atomic E-state index is 13.7. The Bertz CT molecular complexity index is 362. The van der Waals surface area contributed by atoms with E-state index in [0.717, 1.165) is 0 Å². The quantitative estimate of drug-likeness (QED) is 0.833. The van der Waals surface area contributed by atoms with Crippen LogP contribution in [0.4, 0.5) is 4.39 Å². The zero-order valence-electron chi connectivity index (χ0n) is 9.50. The summed E-state index contributed by atoms with van der Waals surface area (Å²) in [5.41, 5.74) is 0.584. The molecule has 2 atom stereocenters. The molecule has 0 saturated carbocycles. The Morgan fingerprint density at radius 2 is 2.31 bits per heavy atom. The van der Waals surface area contributed by atoms with Crippen LogP contribution in [0.3, 0.4) is 0 Å². The molecule has 0 bridgehead atoms. The minimum absolute atomic E-state index is 0.206. The van der Waals surface area contributed by atoms with Gasteiger partial charge in [-0.1, -0.05) is 0 Å². The molecule has 0 radical (unpaired) electrons. The van der Waals surface area contributed by atoms with Gasteiger partial charge < -0.3 is 14.8 Å². The van der Waals surface area contributed by atoms with Gasteiger partial charge in [0.15, 0.2) is 0 Å². The lowest BCUT2D eigenvalue weighted by atomic mass is 10.1. The fraction of sp³-hybridized carbons (Fsp3) is 0.500. The van der Waals surface area contributed by atoms with Crippen LogP contribution in [0.25, 0.3) is 0 Å². The van der Waals surface area contributed by atoms with E-state index in [1.807, 2.05) is 6.92 Å². The molecule has 1 aromatic rings. The van der Waals surface area contributed by atoms with Crippen LogP contribution in [0.2, 0.25) is 0 Å². The monoisotopic (exact) mass is 225 g/mol. The predicted octanol–water partition coefficient (Wildman–Crippen LogP) is 1.88. The third kappa shape index (κ3) is 2.33. The van der Waals surface area contributed by atoms with Crippen molar-refractivity contribution in [2.45, 2.75) is 19.1 Å². The molecule has 88 valence electrons. The van der Waals surface area contributed by atoms with E-state index < -0.39 is 0 Å². The molecule has 2 rings (SSSR count). The van der Waals surface area contributed by atoms with E-state index in [1.165, 1.54) is 13.2 Å². The molecule has 1 aromatic carbocycles. The van der Waals surface area contributed by atoms with E-state index in [2.05, 4.69) is 5.32 Å². The summed E-state index contributed by atoms with van der Waals surface area (Å²) >= 11 is 0. The third-order valence-electron chi connectivity index (χ3n) is 2.75. The molecular weight excluding hydrogens is 209 g/mol. The largest absolute Gasteiger partial charge is 0.497 e. The summed E-state index contributed by atoms with van der Waals surface area (Å²) in [6.07, 6.45) is -0.206. The summed E-state index contributed by atoms with van der Waals surface area (Å²) < 4.78 is 24.3. The topological polar surface area (TPSA) is 30.5 Å². The van der Waals surface area contributed by atoms with Crippen LogP contribution >= 0.6 is 0 Å². The van der Waals surface area contributed by atoms with Gasteiger partial charge in [0.05, 0.1) is 19.8 Å². The number of morpholine rings is 1. The zero-order chi connectivity index (χ0) is 11.5. The maximum atomic E-state index is 13.7. The highest BCUT2D eigenvalue weighted by Crippen LogP contribution is 2.25. The Labute approximate surface area is 94.6 Å². The van der Waals surface area contributed by atoms with Gasteiger partial charge in [-0.25, -0.2) is 4.39 Å². The second kappa shape index (κ2) is 4.80. The van der Waals surface area contributed by atoms with E-state index in [4.69, 9.17) is 9.47 Å². The molecule has 1 aliphatic heterocycles. The number of nitrogens with one attached hydrogen (secondary N) is 1. The molecule has 3 nitrogen and oxygen atoms in total. The van der Waals surface area contributed by atoms with Gasteiger partial charge in [-0.05, 0) is 19.1 Å². The number of benzene rings is 1. The number of halogens is 1. The minimum Gasteiger partial charge on any atom is -0.497 e. The maximum Gasteiger partial charge on any atom is 0.132 e. The highest BCUT2D eigenvalue weighted by Gasteiger charge is 2.22. The summed E-state index contributed by atoms with van der Waals surface area (Å²) in [6, 6.07) is 5.19. The van der Waals surface area contributed by atoms with Gasteiger partial charge in [0.2, 0.25) is 0 Å². The van der Waals surface area contributed by atoms with E-state index in [-0.39, 0.29) is 11.9 Å². The first kappa shape index (κ1) is 11.4. The van der Waals surface area contributed by atoms with Crippen LogP contribution in [-0.2, 0) is 4.74 Å². The highest BCUT2D eigenvalue weighted by molar-refractivity contribution is 5.30. The molecule has 0 aliphatic carbocycles. The van der Waals surface area contributed by atoms with Crippen molar-refractivity contribution in [3.63, 3.8) is 0 Å². The average Bonchev–Trinajstić information content (AvgIpc) is 2.30. The van der Waals surface area contributed by atoms with Crippen molar-refractivity contribution < 1.29 is 13.9 Å². The molecule has 1 fully saturated rings. The first-order chi connectivity index (χ1) is 7.70. The zero-order valence-corrected chi connectivity index (χ0v) is 9.50. The number of ether oxygens (including phenoxy) is 2. The number of rotatable bonds is 2. The molecular formula is C12H16FNO2. The lowest BCUT2D eigenvalue weighted by Crippen LogP contribution is -2.40. The van der Waals surface area contributed by atoms with Crippen molar-refractivity contribution in [2.24, 2.45) is 0 Å². The van der Waals surface area contributed by atoms with Gasteiger partial charge in [0.25, 0.3) is 0 Å². The Morgan fingerprint density at radius 3 is 2.88 bits per heavy atom. The summed E-state index contributed by atoms with van der Waals surface area (Å²) in [5, 5.41) is 3.26. The normalized spacial score (nSPS) is 25.4. The van der Waals surface area contributed by atoms with Gasteiger partial charge in [-0.2, -0.15) is 0 Å². The summed E-state index contributed by atoms with van der Waals surface area (Å²) in [5.74, 6) is 0.249. The van der Waals surface area contributed by atoms with E-state index in [0.29, 0.717) is 30.5 Å². The molecule has 0 amide bonds. The van der Waals surface area contributed by atoms with Crippen molar-refractivity contribution in [1.82, 2.24) is 5.32 Å². The molecule has 0 aromatic heterocycles. The van der Waals surface area contributed by atoms with Crippen LogP contribution in [0.15, 0.2) is 18.2 Å². The second-order valence-corrected chi connectivity index (χ2v) is 4.02. The standard InChI is InChI=1S/C12H16FNO2/c1-8-7-16-12(6-14-8)10-4-3-9(15-2)5-11(10)13/h3-5,8,12,14H,6-7H2,1-2H3. The van der Waals surface area contributed by atoms with Gasteiger partial charge in [0, 0.05) is 24.2 Å². The van der Waals surface area contributed by atoms with Crippen molar-refractivity contribution in [2.75, 3.05) is 20.3 Å². The minimum atomic E-state index is -0.277. The Morgan fingerprint density at radius 1 is 1.50 bits per heavy atom. The molecule has 16 heavy (non-hydrogen) atoms. The van der Waals surface area contributed by atoms with Crippen LogP contribution < -0.4 is 10.1 Å². The lowest BCUT2D eigenvalue weighted by molar-refractivity contribution is 0.00500. The summed E-state index contributed by atoms with van der Waals surface area (Å²) in [7, 11) is 1.52. The van der Waals surface area contributed by atoms with Crippen molar-refractivity contribution in [3.05, 3.63) is 29.6 Å².